The summed E-state index contributed by atoms with van der Waals surface area (Å²) >= 11 is 0. The van der Waals surface area contributed by atoms with Crippen LogP contribution in [-0.4, -0.2) is 18.5 Å². The molecule has 0 unspecified atom stereocenters. The van der Waals surface area contributed by atoms with Crippen LogP contribution >= 0.6 is 0 Å². The minimum Gasteiger partial charge on any atom is -0.302 e. The summed E-state index contributed by atoms with van der Waals surface area (Å²) < 4.78 is 0. The van der Waals surface area contributed by atoms with Crippen molar-refractivity contribution in [1.82, 2.24) is 4.90 Å². The smallest absolute Gasteiger partial charge is 0.0230 e. The van der Waals surface area contributed by atoms with Gasteiger partial charge in [-0.25, -0.2) is 0 Å². The zero-order valence-corrected chi connectivity index (χ0v) is 14.8. The van der Waals surface area contributed by atoms with Crippen molar-refractivity contribution in [1.29, 1.82) is 0 Å². The van der Waals surface area contributed by atoms with E-state index in [9.17, 15) is 0 Å². The second-order valence-electron chi connectivity index (χ2n) is 7.96. The number of hydrogen-bond acceptors (Lipinski definition) is 1. The van der Waals surface area contributed by atoms with Gasteiger partial charge < -0.3 is 4.90 Å². The lowest BCUT2D eigenvalue weighted by atomic mass is 9.65. The third-order valence-electron chi connectivity index (χ3n) is 6.11. The van der Waals surface area contributed by atoms with Crippen LogP contribution in [0.1, 0.15) is 56.9 Å². The fraction of sp³-hybridized carbons (Fsp3) is 0.636. The maximum Gasteiger partial charge on any atom is 0.0230 e. The van der Waals surface area contributed by atoms with Crippen LogP contribution in [0.25, 0.3) is 0 Å². The number of hydrogen-bond donors (Lipinski definition) is 0. The van der Waals surface area contributed by atoms with Crippen molar-refractivity contribution in [2.45, 2.75) is 57.9 Å². The molecule has 2 atom stereocenters. The molecule has 23 heavy (non-hydrogen) atoms. The summed E-state index contributed by atoms with van der Waals surface area (Å²) in [5.41, 5.74) is 2.99. The Hall–Kier alpha value is -1.08. The lowest BCUT2D eigenvalue weighted by molar-refractivity contribution is 0.201. The van der Waals surface area contributed by atoms with Gasteiger partial charge in [0.15, 0.2) is 0 Å². The van der Waals surface area contributed by atoms with Crippen LogP contribution < -0.4 is 0 Å². The Balaban J connectivity index is 1.34. The van der Waals surface area contributed by atoms with Crippen molar-refractivity contribution in [2.75, 3.05) is 13.6 Å². The van der Waals surface area contributed by atoms with Gasteiger partial charge in [0, 0.05) is 6.54 Å². The largest absolute Gasteiger partial charge is 0.302 e. The molecule has 0 radical (unpaired) electrons. The van der Waals surface area contributed by atoms with Gasteiger partial charge in [0.2, 0.25) is 0 Å². The molecule has 126 valence electrons. The van der Waals surface area contributed by atoms with E-state index in [4.69, 9.17) is 0 Å². The molecule has 2 saturated carbocycles. The molecule has 0 bridgehead atoms. The number of allylic oxidation sites excluding steroid dienone is 1. The third-order valence-corrected chi connectivity index (χ3v) is 6.11. The Morgan fingerprint density at radius 3 is 2.48 bits per heavy atom. The second-order valence-corrected chi connectivity index (χ2v) is 7.96. The van der Waals surface area contributed by atoms with E-state index in [1.807, 2.05) is 0 Å². The first-order valence-corrected chi connectivity index (χ1v) is 9.63. The highest BCUT2D eigenvalue weighted by Crippen LogP contribution is 2.46. The normalized spacial score (nSPS) is 25.6. The first kappa shape index (κ1) is 16.8. The highest BCUT2D eigenvalue weighted by Gasteiger charge is 2.34. The average Bonchev–Trinajstić information content (AvgIpc) is 2.59. The molecule has 0 saturated heterocycles. The van der Waals surface area contributed by atoms with Crippen LogP contribution in [0.3, 0.4) is 0 Å². The van der Waals surface area contributed by atoms with Gasteiger partial charge in [-0.15, -0.1) is 0 Å². The molecule has 3 rings (SSSR count). The van der Waals surface area contributed by atoms with Gasteiger partial charge in [0.1, 0.15) is 0 Å². The van der Waals surface area contributed by atoms with Crippen LogP contribution in [0.5, 0.6) is 0 Å². The summed E-state index contributed by atoms with van der Waals surface area (Å²) in [5, 5.41) is 0. The average molecular weight is 312 g/mol. The maximum atomic E-state index is 4.43. The lowest BCUT2D eigenvalue weighted by Gasteiger charge is -2.41. The Morgan fingerprint density at radius 1 is 1.04 bits per heavy atom. The molecule has 2 aliphatic carbocycles. The Labute approximate surface area is 142 Å². The van der Waals surface area contributed by atoms with E-state index in [1.54, 1.807) is 5.57 Å². The Morgan fingerprint density at radius 2 is 1.78 bits per heavy atom. The van der Waals surface area contributed by atoms with Crippen LogP contribution in [0, 0.1) is 17.8 Å². The zero-order chi connectivity index (χ0) is 16.1. The highest BCUT2D eigenvalue weighted by atomic mass is 15.1. The Kier molecular flexibility index (Phi) is 5.94. The molecular formula is C22H33N. The first-order valence-electron chi connectivity index (χ1n) is 9.63. The number of benzene rings is 1. The SMILES string of the molecule is C=C1[C@H](CCN(C)Cc2ccccc2)C[C@H]1CC1CCCCC1. The highest BCUT2D eigenvalue weighted by molar-refractivity contribution is 5.17. The molecule has 2 aliphatic rings. The predicted octanol–water partition coefficient (Wildman–Crippen LogP) is 5.67. The third kappa shape index (κ3) is 4.70. The second kappa shape index (κ2) is 8.15. The molecule has 1 aromatic carbocycles. The summed E-state index contributed by atoms with van der Waals surface area (Å²) in [6.45, 7) is 6.68. The van der Waals surface area contributed by atoms with E-state index >= 15 is 0 Å². The van der Waals surface area contributed by atoms with Gasteiger partial charge in [-0.3, -0.25) is 0 Å². The minimum atomic E-state index is 0.793. The standard InChI is InChI=1S/C22H33N/c1-18-21(16-22(18)15-19-9-5-3-6-10-19)13-14-23(2)17-20-11-7-4-8-12-20/h4,7-8,11-12,19,21-22H,1,3,5-6,9-10,13-17H2,2H3/t21-,22-/m1/s1. The molecule has 0 N–H and O–H groups in total. The molecule has 0 aromatic heterocycles. The monoisotopic (exact) mass is 311 g/mol. The number of nitrogens with zero attached hydrogens (tertiary/aromatic N) is 1. The van der Waals surface area contributed by atoms with Crippen molar-refractivity contribution in [2.24, 2.45) is 17.8 Å². The molecular weight excluding hydrogens is 278 g/mol. The van der Waals surface area contributed by atoms with E-state index in [0.717, 1.165) is 24.3 Å². The van der Waals surface area contributed by atoms with Crippen LogP contribution in [0.2, 0.25) is 0 Å². The van der Waals surface area contributed by atoms with Crippen molar-refractivity contribution in [3.8, 4) is 0 Å². The summed E-state index contributed by atoms with van der Waals surface area (Å²) in [7, 11) is 2.24. The van der Waals surface area contributed by atoms with E-state index in [0.29, 0.717) is 0 Å². The topological polar surface area (TPSA) is 3.24 Å². The maximum absolute atomic E-state index is 4.43. The van der Waals surface area contributed by atoms with Crippen molar-refractivity contribution >= 4 is 0 Å². The molecule has 0 amide bonds. The van der Waals surface area contributed by atoms with Gasteiger partial charge in [-0.2, -0.15) is 0 Å². The summed E-state index contributed by atoms with van der Waals surface area (Å²) in [4.78, 5) is 2.46. The number of rotatable bonds is 7. The van der Waals surface area contributed by atoms with E-state index in [-0.39, 0.29) is 0 Å². The molecule has 2 fully saturated rings. The van der Waals surface area contributed by atoms with Gasteiger partial charge in [0.25, 0.3) is 0 Å². The van der Waals surface area contributed by atoms with Crippen LogP contribution in [0.4, 0.5) is 0 Å². The molecule has 1 nitrogen and oxygen atoms in total. The fourth-order valence-electron chi connectivity index (χ4n) is 4.55. The van der Waals surface area contributed by atoms with Gasteiger partial charge in [-0.1, -0.05) is 74.6 Å². The summed E-state index contributed by atoms with van der Waals surface area (Å²) in [5.74, 6) is 2.65. The molecule has 0 aliphatic heterocycles. The zero-order valence-electron chi connectivity index (χ0n) is 14.8. The van der Waals surface area contributed by atoms with E-state index < -0.39 is 0 Å². The minimum absolute atomic E-state index is 0.793. The van der Waals surface area contributed by atoms with Crippen molar-refractivity contribution in [3.63, 3.8) is 0 Å². The molecule has 0 heterocycles. The van der Waals surface area contributed by atoms with Crippen LogP contribution in [-0.2, 0) is 6.54 Å². The van der Waals surface area contributed by atoms with Gasteiger partial charge in [0.05, 0.1) is 0 Å². The van der Waals surface area contributed by atoms with E-state index in [1.165, 1.54) is 63.5 Å². The van der Waals surface area contributed by atoms with Crippen LogP contribution in [0.15, 0.2) is 42.5 Å². The summed E-state index contributed by atoms with van der Waals surface area (Å²) in [6.07, 6.45) is 11.5. The first-order chi connectivity index (χ1) is 11.2. The van der Waals surface area contributed by atoms with E-state index in [2.05, 4.69) is 48.9 Å². The fourth-order valence-corrected chi connectivity index (χ4v) is 4.55. The van der Waals surface area contributed by atoms with Crippen molar-refractivity contribution < 1.29 is 0 Å². The molecule has 1 aromatic rings. The molecule has 0 spiro atoms. The predicted molar refractivity (Wildman–Crippen MR) is 99.3 cm³/mol. The quantitative estimate of drug-likeness (QED) is 0.586. The summed E-state index contributed by atoms with van der Waals surface area (Å²) in [6, 6.07) is 10.8. The van der Waals surface area contributed by atoms with Crippen molar-refractivity contribution in [3.05, 3.63) is 48.0 Å². The lowest BCUT2D eigenvalue weighted by Crippen LogP contribution is -2.32. The van der Waals surface area contributed by atoms with Gasteiger partial charge in [-0.05, 0) is 56.2 Å². The molecule has 1 heteroatoms. The Bertz CT molecular complexity index is 486. The van der Waals surface area contributed by atoms with Gasteiger partial charge >= 0.3 is 0 Å².